The highest BCUT2D eigenvalue weighted by atomic mass is 32.2. The van der Waals surface area contributed by atoms with Crippen LogP contribution in [0.15, 0.2) is 0 Å². The van der Waals surface area contributed by atoms with Gasteiger partial charge in [-0.3, -0.25) is 0 Å². The van der Waals surface area contributed by atoms with Crippen molar-refractivity contribution in [1.29, 1.82) is 0 Å². The Labute approximate surface area is 93.9 Å². The first-order valence-electron chi connectivity index (χ1n) is 5.32. The summed E-state index contributed by atoms with van der Waals surface area (Å²) in [6.45, 7) is 9.65. The molecule has 92 valence electrons. The molecule has 15 heavy (non-hydrogen) atoms. The molecule has 0 aromatic carbocycles. The molecule has 2 N–H and O–H groups in total. The van der Waals surface area contributed by atoms with Crippen molar-refractivity contribution in [2.75, 3.05) is 19.3 Å². The molecule has 0 unspecified atom stereocenters. The van der Waals surface area contributed by atoms with E-state index in [1.807, 2.05) is 13.8 Å². The lowest BCUT2D eigenvalue weighted by molar-refractivity contribution is 0.410. The van der Waals surface area contributed by atoms with Crippen LogP contribution in [0, 0.1) is 5.92 Å². The fourth-order valence-corrected chi connectivity index (χ4v) is 2.41. The monoisotopic (exact) mass is 236 g/mol. The molecule has 0 spiro atoms. The predicted molar refractivity (Wildman–Crippen MR) is 64.4 cm³/mol. The fraction of sp³-hybridized carbons (Fsp3) is 1.00. The van der Waals surface area contributed by atoms with Crippen LogP contribution in [-0.4, -0.2) is 33.3 Å². The number of hydrogen-bond donors (Lipinski definition) is 2. The largest absolute Gasteiger partial charge is 0.315 e. The van der Waals surface area contributed by atoms with Crippen molar-refractivity contribution in [3.05, 3.63) is 0 Å². The van der Waals surface area contributed by atoms with Crippen LogP contribution in [0.1, 0.15) is 34.1 Å². The highest BCUT2D eigenvalue weighted by Gasteiger charge is 2.21. The Kier molecular flexibility index (Phi) is 5.77. The van der Waals surface area contributed by atoms with E-state index in [-0.39, 0.29) is 0 Å². The van der Waals surface area contributed by atoms with Crippen molar-refractivity contribution in [1.82, 2.24) is 10.0 Å². The van der Waals surface area contributed by atoms with E-state index in [2.05, 4.69) is 23.9 Å². The van der Waals surface area contributed by atoms with Crippen LogP contribution in [0.4, 0.5) is 0 Å². The van der Waals surface area contributed by atoms with E-state index in [9.17, 15) is 8.42 Å². The molecule has 0 fully saturated rings. The van der Waals surface area contributed by atoms with Gasteiger partial charge in [-0.2, -0.15) is 0 Å². The third-order valence-electron chi connectivity index (χ3n) is 1.93. The molecule has 0 rings (SSSR count). The van der Waals surface area contributed by atoms with Crippen LogP contribution in [-0.2, 0) is 10.0 Å². The van der Waals surface area contributed by atoms with Gasteiger partial charge in [-0.15, -0.1) is 0 Å². The summed E-state index contributed by atoms with van der Waals surface area (Å²) in [5.41, 5.74) is -0.426. The van der Waals surface area contributed by atoms with Gasteiger partial charge in [-0.05, 0) is 32.7 Å². The highest BCUT2D eigenvalue weighted by Crippen LogP contribution is 2.02. The van der Waals surface area contributed by atoms with Crippen LogP contribution in [0.5, 0.6) is 0 Å². The second-order valence-electron chi connectivity index (χ2n) is 5.12. The molecule has 0 saturated heterocycles. The Balaban J connectivity index is 3.85. The van der Waals surface area contributed by atoms with Crippen molar-refractivity contribution < 1.29 is 8.42 Å². The second-order valence-corrected chi connectivity index (χ2v) is 6.87. The van der Waals surface area contributed by atoms with Crippen LogP contribution in [0.25, 0.3) is 0 Å². The van der Waals surface area contributed by atoms with Crippen LogP contribution in [0.3, 0.4) is 0 Å². The lowest BCUT2D eigenvalue weighted by atomic mass is 10.1. The summed E-state index contributed by atoms with van der Waals surface area (Å²) in [7, 11) is -3.13. The number of hydrogen-bond acceptors (Lipinski definition) is 3. The molecule has 0 amide bonds. The van der Waals surface area contributed by atoms with E-state index >= 15 is 0 Å². The summed E-state index contributed by atoms with van der Waals surface area (Å²) < 4.78 is 24.7. The van der Waals surface area contributed by atoms with E-state index < -0.39 is 15.6 Å². The van der Waals surface area contributed by atoms with Crippen molar-refractivity contribution in [2.24, 2.45) is 5.92 Å². The third kappa shape index (κ3) is 10.2. The summed E-state index contributed by atoms with van der Waals surface area (Å²) in [4.78, 5) is 0. The summed E-state index contributed by atoms with van der Waals surface area (Å²) >= 11 is 0. The van der Waals surface area contributed by atoms with Crippen molar-refractivity contribution in [2.45, 2.75) is 39.7 Å². The van der Waals surface area contributed by atoms with E-state index in [1.165, 1.54) is 6.26 Å². The van der Waals surface area contributed by atoms with Gasteiger partial charge in [0.25, 0.3) is 0 Å². The second kappa shape index (κ2) is 5.82. The fourth-order valence-electron chi connectivity index (χ4n) is 1.33. The number of sulfonamides is 1. The summed E-state index contributed by atoms with van der Waals surface area (Å²) in [5.74, 6) is 0.670. The summed E-state index contributed by atoms with van der Waals surface area (Å²) in [6, 6.07) is 0. The standard InChI is InChI=1S/C10H24N2O2S/c1-9(2)6-7-11-8-10(3,4)12-15(5,13)14/h9,11-12H,6-8H2,1-5H3. The van der Waals surface area contributed by atoms with Crippen molar-refractivity contribution in [3.8, 4) is 0 Å². The quantitative estimate of drug-likeness (QED) is 0.647. The minimum absolute atomic E-state index is 0.426. The molecular weight excluding hydrogens is 212 g/mol. The molecule has 0 aromatic rings. The Morgan fingerprint density at radius 1 is 1.27 bits per heavy atom. The molecule has 0 bridgehead atoms. The topological polar surface area (TPSA) is 58.2 Å². The predicted octanol–water partition coefficient (Wildman–Crippen LogP) is 0.950. The maximum atomic E-state index is 11.0. The molecule has 0 aliphatic rings. The first-order valence-corrected chi connectivity index (χ1v) is 7.21. The molecule has 4 nitrogen and oxygen atoms in total. The Hall–Kier alpha value is -0.130. The zero-order valence-corrected chi connectivity index (χ0v) is 11.2. The van der Waals surface area contributed by atoms with Gasteiger partial charge in [-0.25, -0.2) is 13.1 Å². The smallest absolute Gasteiger partial charge is 0.209 e. The molecular formula is C10H24N2O2S. The SMILES string of the molecule is CC(C)CCNCC(C)(C)NS(C)(=O)=O. The highest BCUT2D eigenvalue weighted by molar-refractivity contribution is 7.88. The van der Waals surface area contributed by atoms with Crippen molar-refractivity contribution in [3.63, 3.8) is 0 Å². The van der Waals surface area contributed by atoms with E-state index in [4.69, 9.17) is 0 Å². The molecule has 0 heterocycles. The molecule has 0 aliphatic heterocycles. The van der Waals surface area contributed by atoms with Gasteiger partial charge >= 0.3 is 0 Å². The Morgan fingerprint density at radius 2 is 1.80 bits per heavy atom. The van der Waals surface area contributed by atoms with Gasteiger partial charge in [0.15, 0.2) is 0 Å². The van der Waals surface area contributed by atoms with E-state index in [0.717, 1.165) is 13.0 Å². The molecule has 0 aromatic heterocycles. The van der Waals surface area contributed by atoms with E-state index in [0.29, 0.717) is 12.5 Å². The summed E-state index contributed by atoms with van der Waals surface area (Å²) in [5, 5.41) is 3.25. The first kappa shape index (κ1) is 14.9. The molecule has 0 saturated carbocycles. The minimum atomic E-state index is -3.13. The van der Waals surface area contributed by atoms with Gasteiger partial charge in [-0.1, -0.05) is 13.8 Å². The first-order chi connectivity index (χ1) is 6.62. The maximum absolute atomic E-state index is 11.0. The average Bonchev–Trinajstić information content (AvgIpc) is 1.93. The van der Waals surface area contributed by atoms with Gasteiger partial charge in [0.05, 0.1) is 6.26 Å². The van der Waals surface area contributed by atoms with Crippen LogP contribution >= 0.6 is 0 Å². The van der Waals surface area contributed by atoms with Gasteiger partial charge in [0, 0.05) is 12.1 Å². The third-order valence-corrected chi connectivity index (χ3v) is 2.85. The summed E-state index contributed by atoms with van der Waals surface area (Å²) in [6.07, 6.45) is 2.29. The Bertz CT molecular complexity index is 271. The number of rotatable bonds is 7. The maximum Gasteiger partial charge on any atom is 0.209 e. The van der Waals surface area contributed by atoms with Crippen LogP contribution in [0.2, 0.25) is 0 Å². The lowest BCUT2D eigenvalue weighted by Gasteiger charge is -2.25. The van der Waals surface area contributed by atoms with E-state index in [1.54, 1.807) is 0 Å². The zero-order chi connectivity index (χ0) is 12.1. The zero-order valence-electron chi connectivity index (χ0n) is 10.4. The van der Waals surface area contributed by atoms with Gasteiger partial charge < -0.3 is 5.32 Å². The van der Waals surface area contributed by atoms with Crippen LogP contribution < -0.4 is 10.0 Å². The Morgan fingerprint density at radius 3 is 2.20 bits per heavy atom. The minimum Gasteiger partial charge on any atom is -0.315 e. The van der Waals surface area contributed by atoms with Gasteiger partial charge in [0.1, 0.15) is 0 Å². The molecule has 5 heteroatoms. The van der Waals surface area contributed by atoms with Crippen molar-refractivity contribution >= 4 is 10.0 Å². The number of nitrogens with one attached hydrogen (secondary N) is 2. The molecule has 0 atom stereocenters. The van der Waals surface area contributed by atoms with Gasteiger partial charge in [0.2, 0.25) is 10.0 Å². The molecule has 0 radical (unpaired) electrons. The molecule has 0 aliphatic carbocycles. The average molecular weight is 236 g/mol. The lowest BCUT2D eigenvalue weighted by Crippen LogP contribution is -2.50. The normalized spacial score (nSPS) is 13.5.